The third kappa shape index (κ3) is 2.74. The van der Waals surface area contributed by atoms with Gasteiger partial charge in [0.1, 0.15) is 0 Å². The fraction of sp³-hybridized carbons (Fsp3) is 0.941. The van der Waals surface area contributed by atoms with Crippen LogP contribution in [0.4, 0.5) is 0 Å². The first-order chi connectivity index (χ1) is 9.66. The van der Waals surface area contributed by atoms with E-state index in [-0.39, 0.29) is 12.0 Å². The predicted octanol–water partition coefficient (Wildman–Crippen LogP) is 2.79. The summed E-state index contributed by atoms with van der Waals surface area (Å²) in [6, 6.07) is 0.0836. The number of hydrogen-bond acceptors (Lipinski definition) is 2. The summed E-state index contributed by atoms with van der Waals surface area (Å²) in [6.45, 7) is 4.20. The summed E-state index contributed by atoms with van der Waals surface area (Å²) in [5.74, 6) is 2.64. The van der Waals surface area contributed by atoms with E-state index in [0.717, 1.165) is 31.3 Å². The second kappa shape index (κ2) is 6.05. The summed E-state index contributed by atoms with van der Waals surface area (Å²) in [5, 5.41) is 0. The largest absolute Gasteiger partial charge is 0.342 e. The molecule has 1 amide bonds. The average Bonchev–Trinajstić information content (AvgIpc) is 2.49. The lowest BCUT2D eigenvalue weighted by Crippen LogP contribution is -2.52. The normalized spacial score (nSPS) is 42.1. The number of nitrogens with two attached hydrogens (primary N) is 1. The fourth-order valence-corrected chi connectivity index (χ4v) is 4.76. The lowest BCUT2D eigenvalue weighted by atomic mass is 9.74. The number of piperidine rings is 1. The van der Waals surface area contributed by atoms with Crippen LogP contribution in [0.1, 0.15) is 58.3 Å². The summed E-state index contributed by atoms with van der Waals surface area (Å²) in [7, 11) is 0. The van der Waals surface area contributed by atoms with Crippen LogP contribution in [0.2, 0.25) is 0 Å². The maximum atomic E-state index is 12.8. The maximum absolute atomic E-state index is 12.8. The van der Waals surface area contributed by atoms with Crippen molar-refractivity contribution in [3.8, 4) is 0 Å². The van der Waals surface area contributed by atoms with Gasteiger partial charge in [0, 0.05) is 19.1 Å². The number of rotatable bonds is 1. The molecule has 2 aliphatic carbocycles. The van der Waals surface area contributed by atoms with Crippen molar-refractivity contribution < 1.29 is 4.79 Å². The Balaban J connectivity index is 1.62. The number of nitrogens with zero attached hydrogens (tertiary/aromatic N) is 1. The Morgan fingerprint density at radius 3 is 2.55 bits per heavy atom. The monoisotopic (exact) mass is 278 g/mol. The van der Waals surface area contributed by atoms with Gasteiger partial charge in [0.15, 0.2) is 0 Å². The minimum Gasteiger partial charge on any atom is -0.342 e. The number of carbonyl (C=O) groups excluding carboxylic acids is 1. The topological polar surface area (TPSA) is 46.3 Å². The van der Waals surface area contributed by atoms with Gasteiger partial charge in [-0.05, 0) is 43.4 Å². The molecule has 3 heteroatoms. The van der Waals surface area contributed by atoms with Crippen LogP contribution < -0.4 is 5.73 Å². The van der Waals surface area contributed by atoms with E-state index in [4.69, 9.17) is 5.73 Å². The van der Waals surface area contributed by atoms with E-state index in [0.29, 0.717) is 11.8 Å². The molecule has 0 aromatic carbocycles. The second-order valence-corrected chi connectivity index (χ2v) is 7.47. The highest BCUT2D eigenvalue weighted by atomic mass is 16.2. The maximum Gasteiger partial charge on any atom is 0.227 e. The highest BCUT2D eigenvalue weighted by Gasteiger charge is 2.38. The Kier molecular flexibility index (Phi) is 4.34. The van der Waals surface area contributed by atoms with Gasteiger partial charge in [-0.2, -0.15) is 0 Å². The van der Waals surface area contributed by atoms with E-state index in [9.17, 15) is 4.79 Å². The van der Waals surface area contributed by atoms with Crippen molar-refractivity contribution >= 4 is 5.91 Å². The molecule has 114 valence electrons. The Morgan fingerprint density at radius 2 is 1.75 bits per heavy atom. The van der Waals surface area contributed by atoms with E-state index >= 15 is 0 Å². The molecule has 5 unspecified atom stereocenters. The average molecular weight is 278 g/mol. The van der Waals surface area contributed by atoms with E-state index in [1.54, 1.807) is 0 Å². The lowest BCUT2D eigenvalue weighted by Gasteiger charge is -2.44. The van der Waals surface area contributed by atoms with Crippen molar-refractivity contribution in [1.82, 2.24) is 4.90 Å². The molecule has 1 heterocycles. The Bertz CT molecular complexity index is 357. The second-order valence-electron chi connectivity index (χ2n) is 7.47. The molecule has 0 aromatic heterocycles. The van der Waals surface area contributed by atoms with Crippen LogP contribution in [0.25, 0.3) is 0 Å². The minimum atomic E-state index is 0.0836. The van der Waals surface area contributed by atoms with Crippen LogP contribution in [0.3, 0.4) is 0 Å². The van der Waals surface area contributed by atoms with Crippen LogP contribution in [-0.4, -0.2) is 29.9 Å². The molecule has 3 rings (SSSR count). The van der Waals surface area contributed by atoms with Crippen molar-refractivity contribution in [2.75, 3.05) is 13.1 Å². The van der Waals surface area contributed by atoms with Crippen molar-refractivity contribution in [2.45, 2.75) is 64.3 Å². The molecule has 1 saturated heterocycles. The lowest BCUT2D eigenvalue weighted by molar-refractivity contribution is -0.140. The highest BCUT2D eigenvalue weighted by Crippen LogP contribution is 2.37. The summed E-state index contributed by atoms with van der Waals surface area (Å²) in [4.78, 5) is 15.0. The van der Waals surface area contributed by atoms with E-state index < -0.39 is 0 Å². The zero-order chi connectivity index (χ0) is 14.1. The summed E-state index contributed by atoms with van der Waals surface area (Å²) >= 11 is 0. The van der Waals surface area contributed by atoms with Crippen LogP contribution >= 0.6 is 0 Å². The smallest absolute Gasteiger partial charge is 0.227 e. The quantitative estimate of drug-likeness (QED) is 0.801. The van der Waals surface area contributed by atoms with E-state index in [2.05, 4.69) is 11.8 Å². The molecule has 3 fully saturated rings. The minimum absolute atomic E-state index is 0.0836. The van der Waals surface area contributed by atoms with E-state index in [1.807, 2.05) is 0 Å². The van der Waals surface area contributed by atoms with Crippen molar-refractivity contribution in [1.29, 1.82) is 0 Å². The standard InChI is InChI=1S/C17H30N2O/c1-12-5-4-8-15(16(12)18)17(20)19-10-9-13-6-2-3-7-14(13)11-19/h12-16H,2-11,18H2,1H3. The molecule has 0 radical (unpaired) electrons. The van der Waals surface area contributed by atoms with Gasteiger partial charge in [0.05, 0.1) is 5.92 Å². The van der Waals surface area contributed by atoms with Gasteiger partial charge in [-0.25, -0.2) is 0 Å². The number of fused-ring (bicyclic) bond motifs is 1. The highest BCUT2D eigenvalue weighted by molar-refractivity contribution is 5.79. The van der Waals surface area contributed by atoms with E-state index in [1.165, 1.54) is 44.9 Å². The van der Waals surface area contributed by atoms with Gasteiger partial charge in [-0.1, -0.05) is 32.6 Å². The molecule has 3 nitrogen and oxygen atoms in total. The molecule has 3 aliphatic rings. The summed E-state index contributed by atoms with van der Waals surface area (Å²) < 4.78 is 0. The van der Waals surface area contributed by atoms with Crippen molar-refractivity contribution in [3.05, 3.63) is 0 Å². The summed E-state index contributed by atoms with van der Waals surface area (Å²) in [6.07, 6.45) is 10.1. The van der Waals surface area contributed by atoms with Crippen LogP contribution in [0.15, 0.2) is 0 Å². The number of likely N-dealkylation sites (tertiary alicyclic amines) is 1. The zero-order valence-corrected chi connectivity index (χ0v) is 12.9. The number of amides is 1. The van der Waals surface area contributed by atoms with Gasteiger partial charge in [0.2, 0.25) is 5.91 Å². The van der Waals surface area contributed by atoms with Gasteiger partial charge in [0.25, 0.3) is 0 Å². The molecule has 1 aliphatic heterocycles. The van der Waals surface area contributed by atoms with Crippen LogP contribution in [-0.2, 0) is 4.79 Å². The molecule has 0 bridgehead atoms. The first-order valence-corrected chi connectivity index (χ1v) is 8.71. The first kappa shape index (κ1) is 14.4. The van der Waals surface area contributed by atoms with Gasteiger partial charge < -0.3 is 10.6 Å². The molecule has 2 saturated carbocycles. The Labute approximate surface area is 123 Å². The Morgan fingerprint density at radius 1 is 1.00 bits per heavy atom. The molecular formula is C17H30N2O. The molecule has 2 N–H and O–H groups in total. The molecule has 20 heavy (non-hydrogen) atoms. The summed E-state index contributed by atoms with van der Waals surface area (Å²) in [5.41, 5.74) is 6.31. The van der Waals surface area contributed by atoms with Crippen molar-refractivity contribution in [3.63, 3.8) is 0 Å². The molecular weight excluding hydrogens is 248 g/mol. The van der Waals surface area contributed by atoms with Gasteiger partial charge in [-0.3, -0.25) is 4.79 Å². The molecule has 0 spiro atoms. The fourth-order valence-electron chi connectivity index (χ4n) is 4.76. The zero-order valence-electron chi connectivity index (χ0n) is 12.9. The van der Waals surface area contributed by atoms with Gasteiger partial charge in [-0.15, -0.1) is 0 Å². The third-order valence-corrected chi connectivity index (χ3v) is 6.22. The van der Waals surface area contributed by atoms with Crippen LogP contribution in [0, 0.1) is 23.7 Å². The van der Waals surface area contributed by atoms with Crippen LogP contribution in [0.5, 0.6) is 0 Å². The van der Waals surface area contributed by atoms with Crippen molar-refractivity contribution in [2.24, 2.45) is 29.4 Å². The SMILES string of the molecule is CC1CCCC(C(=O)N2CCC3CCCCC3C2)C1N. The molecule has 0 aromatic rings. The molecule has 5 atom stereocenters. The predicted molar refractivity (Wildman–Crippen MR) is 81.1 cm³/mol. The number of hydrogen-bond donors (Lipinski definition) is 1. The third-order valence-electron chi connectivity index (χ3n) is 6.22. The number of carbonyl (C=O) groups is 1. The van der Waals surface area contributed by atoms with Gasteiger partial charge >= 0.3 is 0 Å². The Hall–Kier alpha value is -0.570. The first-order valence-electron chi connectivity index (χ1n) is 8.71.